The van der Waals surface area contributed by atoms with Gasteiger partial charge in [-0.2, -0.15) is 0 Å². The Labute approximate surface area is 253 Å². The van der Waals surface area contributed by atoms with Crippen LogP contribution in [0.1, 0.15) is 53.4 Å². The van der Waals surface area contributed by atoms with E-state index in [0.717, 1.165) is 38.0 Å². The van der Waals surface area contributed by atoms with E-state index in [1.807, 2.05) is 48.5 Å². The van der Waals surface area contributed by atoms with E-state index in [0.29, 0.717) is 24.3 Å². The molecule has 0 saturated carbocycles. The first-order valence-corrected chi connectivity index (χ1v) is 17.6. The van der Waals surface area contributed by atoms with E-state index < -0.39 is 8.32 Å². The van der Waals surface area contributed by atoms with Crippen molar-refractivity contribution < 1.29 is 18.3 Å². The van der Waals surface area contributed by atoms with Gasteiger partial charge in [-0.3, -0.25) is 4.79 Å². The molecule has 0 fully saturated rings. The molecule has 0 aliphatic rings. The first-order valence-electron chi connectivity index (χ1n) is 13.9. The molecule has 0 aliphatic heterocycles. The molecule has 0 N–H and O–H groups in total. The standard InChI is InChI=1S/C35H38BrFO3Si/c1-24-18-28(37)13-15-30(24)34(38)20-26-12-17-33(36)32(19-26)31-16-14-29(39-22-25-10-8-7-9-11-25)21-27(31)23-40-41(5,6)35(2,3)4/h7-19,21H,20,22-23H2,1-6H3. The summed E-state index contributed by atoms with van der Waals surface area (Å²) in [6, 6.07) is 26.5. The Morgan fingerprint density at radius 1 is 0.854 bits per heavy atom. The van der Waals surface area contributed by atoms with Crippen molar-refractivity contribution in [2.75, 3.05) is 0 Å². The molecule has 0 spiro atoms. The molecule has 0 amide bonds. The van der Waals surface area contributed by atoms with Crippen molar-refractivity contribution >= 4 is 30.0 Å². The van der Waals surface area contributed by atoms with Crippen molar-refractivity contribution in [1.29, 1.82) is 0 Å². The molecule has 3 nitrogen and oxygen atoms in total. The molecule has 6 heteroatoms. The summed E-state index contributed by atoms with van der Waals surface area (Å²) in [5, 5.41) is 0.0773. The number of rotatable bonds is 10. The van der Waals surface area contributed by atoms with Crippen molar-refractivity contribution in [2.45, 2.75) is 65.5 Å². The van der Waals surface area contributed by atoms with Crippen LogP contribution in [0, 0.1) is 12.7 Å². The molecule has 0 atom stereocenters. The maximum absolute atomic E-state index is 13.6. The highest BCUT2D eigenvalue weighted by atomic mass is 79.9. The Kier molecular flexibility index (Phi) is 9.68. The zero-order valence-corrected chi connectivity index (χ0v) is 27.3. The summed E-state index contributed by atoms with van der Waals surface area (Å²) in [4.78, 5) is 13.1. The summed E-state index contributed by atoms with van der Waals surface area (Å²) in [6.45, 7) is 13.9. The van der Waals surface area contributed by atoms with Crippen LogP contribution in [0.4, 0.5) is 4.39 Å². The Morgan fingerprint density at radius 2 is 1.59 bits per heavy atom. The average Bonchev–Trinajstić information content (AvgIpc) is 2.92. The molecule has 0 unspecified atom stereocenters. The molecule has 214 valence electrons. The van der Waals surface area contributed by atoms with Crippen LogP contribution in [0.5, 0.6) is 5.75 Å². The maximum atomic E-state index is 13.6. The smallest absolute Gasteiger partial charge is 0.192 e. The van der Waals surface area contributed by atoms with Gasteiger partial charge >= 0.3 is 0 Å². The number of aryl methyl sites for hydroxylation is 1. The number of Topliss-reactive ketones (excluding diaryl/α,β-unsaturated/α-hetero) is 1. The van der Waals surface area contributed by atoms with Crippen LogP contribution >= 0.6 is 15.9 Å². The number of ketones is 1. The molecule has 0 bridgehead atoms. The van der Waals surface area contributed by atoms with Crippen LogP contribution in [0.2, 0.25) is 18.1 Å². The molecule has 4 aromatic rings. The van der Waals surface area contributed by atoms with Gasteiger partial charge in [0.2, 0.25) is 0 Å². The van der Waals surface area contributed by atoms with Crippen LogP contribution < -0.4 is 4.74 Å². The Morgan fingerprint density at radius 3 is 2.27 bits per heavy atom. The minimum atomic E-state index is -2.02. The molecule has 0 saturated heterocycles. The van der Waals surface area contributed by atoms with Gasteiger partial charge in [-0.1, -0.05) is 79.2 Å². The largest absolute Gasteiger partial charge is 0.489 e. The van der Waals surface area contributed by atoms with E-state index >= 15 is 0 Å². The second-order valence-electron chi connectivity index (χ2n) is 12.0. The third kappa shape index (κ3) is 7.82. The fourth-order valence-electron chi connectivity index (χ4n) is 4.37. The van der Waals surface area contributed by atoms with Crippen molar-refractivity contribution in [3.05, 3.63) is 123 Å². The fraction of sp³-hybridized carbons (Fsp3) is 0.286. The van der Waals surface area contributed by atoms with E-state index in [-0.39, 0.29) is 23.1 Å². The third-order valence-corrected chi connectivity index (χ3v) is 13.1. The SMILES string of the molecule is Cc1cc(F)ccc1C(=O)Cc1ccc(Br)c(-c2ccc(OCc3ccccc3)cc2CO[Si](C)(C)C(C)(C)C)c1. The number of carbonyl (C=O) groups is 1. The lowest BCUT2D eigenvalue weighted by Crippen LogP contribution is -2.40. The zero-order valence-electron chi connectivity index (χ0n) is 24.7. The van der Waals surface area contributed by atoms with Gasteiger partial charge in [-0.25, -0.2) is 4.39 Å². The summed E-state index contributed by atoms with van der Waals surface area (Å²) in [7, 11) is -2.02. The molecule has 0 radical (unpaired) electrons. The quantitative estimate of drug-likeness (QED) is 0.129. The summed E-state index contributed by atoms with van der Waals surface area (Å²) in [5.41, 5.74) is 6.20. The van der Waals surface area contributed by atoms with Crippen molar-refractivity contribution in [2.24, 2.45) is 0 Å². The first-order chi connectivity index (χ1) is 19.3. The van der Waals surface area contributed by atoms with Gasteiger partial charge in [-0.05, 0) is 101 Å². The maximum Gasteiger partial charge on any atom is 0.192 e. The number of carbonyl (C=O) groups excluding carboxylic acids is 1. The second kappa shape index (κ2) is 12.8. The van der Waals surface area contributed by atoms with Crippen molar-refractivity contribution in [3.63, 3.8) is 0 Å². The first kappa shape index (κ1) is 30.9. The summed E-state index contributed by atoms with van der Waals surface area (Å²) < 4.78 is 27.4. The zero-order chi connectivity index (χ0) is 29.8. The molecule has 4 aromatic carbocycles. The van der Waals surface area contributed by atoms with E-state index in [1.165, 1.54) is 12.1 Å². The topological polar surface area (TPSA) is 35.5 Å². The number of ether oxygens (including phenoxy) is 1. The van der Waals surface area contributed by atoms with Crippen LogP contribution in [0.3, 0.4) is 0 Å². The molecule has 0 aromatic heterocycles. The van der Waals surface area contributed by atoms with Gasteiger partial charge in [0, 0.05) is 16.5 Å². The normalized spacial score (nSPS) is 11.9. The third-order valence-electron chi connectivity index (χ3n) is 7.89. The van der Waals surface area contributed by atoms with Gasteiger partial charge in [0.25, 0.3) is 0 Å². The van der Waals surface area contributed by atoms with Gasteiger partial charge in [-0.15, -0.1) is 0 Å². The Hall–Kier alpha value is -3.06. The summed E-state index contributed by atoms with van der Waals surface area (Å²) in [5.74, 6) is 0.399. The number of hydrogen-bond donors (Lipinski definition) is 0. The minimum Gasteiger partial charge on any atom is -0.489 e. The monoisotopic (exact) mass is 632 g/mol. The highest BCUT2D eigenvalue weighted by molar-refractivity contribution is 9.10. The minimum absolute atomic E-state index is 0.0399. The van der Waals surface area contributed by atoms with Crippen LogP contribution in [0.25, 0.3) is 11.1 Å². The van der Waals surface area contributed by atoms with Crippen LogP contribution in [-0.2, 0) is 24.1 Å². The fourth-order valence-corrected chi connectivity index (χ4v) is 5.78. The highest BCUT2D eigenvalue weighted by Crippen LogP contribution is 2.39. The lowest BCUT2D eigenvalue weighted by molar-refractivity contribution is 0.0992. The van der Waals surface area contributed by atoms with Crippen LogP contribution in [-0.4, -0.2) is 14.1 Å². The average molecular weight is 634 g/mol. The second-order valence-corrected chi connectivity index (χ2v) is 17.7. The van der Waals surface area contributed by atoms with E-state index in [9.17, 15) is 9.18 Å². The summed E-state index contributed by atoms with van der Waals surface area (Å²) in [6.07, 6.45) is 0.223. The molecular weight excluding hydrogens is 595 g/mol. The van der Waals surface area contributed by atoms with Gasteiger partial charge in [0.05, 0.1) is 6.61 Å². The Balaban J connectivity index is 1.66. The number of hydrogen-bond acceptors (Lipinski definition) is 3. The van der Waals surface area contributed by atoms with E-state index in [1.54, 1.807) is 13.0 Å². The van der Waals surface area contributed by atoms with Gasteiger partial charge in [0.1, 0.15) is 18.2 Å². The molecule has 4 rings (SSSR count). The van der Waals surface area contributed by atoms with Gasteiger partial charge < -0.3 is 9.16 Å². The lowest BCUT2D eigenvalue weighted by atomic mass is 9.95. The van der Waals surface area contributed by atoms with Crippen molar-refractivity contribution in [3.8, 4) is 16.9 Å². The molecule has 41 heavy (non-hydrogen) atoms. The van der Waals surface area contributed by atoms with Gasteiger partial charge in [0.15, 0.2) is 14.1 Å². The van der Waals surface area contributed by atoms with Crippen molar-refractivity contribution in [1.82, 2.24) is 0 Å². The Bertz CT molecular complexity index is 1530. The highest BCUT2D eigenvalue weighted by Gasteiger charge is 2.37. The number of benzene rings is 4. The predicted molar refractivity (Wildman–Crippen MR) is 172 cm³/mol. The predicted octanol–water partition coefficient (Wildman–Crippen LogP) is 10.1. The van der Waals surface area contributed by atoms with E-state index in [4.69, 9.17) is 9.16 Å². The summed E-state index contributed by atoms with van der Waals surface area (Å²) >= 11 is 3.74. The molecular formula is C35H38BrFO3Si. The van der Waals surface area contributed by atoms with Crippen LogP contribution in [0.15, 0.2) is 89.4 Å². The lowest BCUT2D eigenvalue weighted by Gasteiger charge is -2.36. The molecule has 0 heterocycles. The number of halogens is 2. The molecule has 0 aliphatic carbocycles. The van der Waals surface area contributed by atoms with E-state index in [2.05, 4.69) is 68.0 Å².